The van der Waals surface area contributed by atoms with E-state index in [0.717, 1.165) is 32.2 Å². The zero-order valence-corrected chi connectivity index (χ0v) is 15.5. The van der Waals surface area contributed by atoms with Gasteiger partial charge in [-0.2, -0.15) is 13.2 Å². The molecule has 1 aromatic carbocycles. The van der Waals surface area contributed by atoms with E-state index in [-0.39, 0.29) is 12.0 Å². The van der Waals surface area contributed by atoms with Gasteiger partial charge in [-0.05, 0) is 18.6 Å². The summed E-state index contributed by atoms with van der Waals surface area (Å²) in [6, 6.07) is 5.50. The quantitative estimate of drug-likeness (QED) is 0.795. The fourth-order valence-electron chi connectivity index (χ4n) is 3.55. The molecule has 1 aromatic rings. The molecule has 2 aliphatic heterocycles. The molecule has 2 aliphatic rings. The van der Waals surface area contributed by atoms with Gasteiger partial charge in [-0.1, -0.05) is 18.2 Å². The molecule has 0 spiro atoms. The number of hydrogen-bond donors (Lipinski definition) is 0. The molecule has 0 aromatic heterocycles. The van der Waals surface area contributed by atoms with E-state index < -0.39 is 11.7 Å². The molecule has 0 radical (unpaired) electrons. The van der Waals surface area contributed by atoms with E-state index in [0.29, 0.717) is 38.3 Å². The Morgan fingerprint density at radius 2 is 1.85 bits per heavy atom. The summed E-state index contributed by atoms with van der Waals surface area (Å²) in [6.45, 7) is 7.66. The summed E-state index contributed by atoms with van der Waals surface area (Å²) < 4.78 is 44.0. The summed E-state index contributed by atoms with van der Waals surface area (Å²) in [5, 5.41) is 0. The molecular formula is C19H26F3N3O2. The molecule has 0 bridgehead atoms. The molecule has 0 saturated carbocycles. The molecule has 150 valence electrons. The average Bonchev–Trinajstić information content (AvgIpc) is 2.63. The molecule has 27 heavy (non-hydrogen) atoms. The summed E-state index contributed by atoms with van der Waals surface area (Å²) in [4.78, 5) is 18.5. The number of halogens is 3. The number of morpholine rings is 1. The topological polar surface area (TPSA) is 36.0 Å². The number of benzene rings is 1. The Labute approximate surface area is 157 Å². The maximum absolute atomic E-state index is 12.8. The maximum Gasteiger partial charge on any atom is 0.416 e. The summed E-state index contributed by atoms with van der Waals surface area (Å²) in [5.74, 6) is 0.122. The van der Waals surface area contributed by atoms with Gasteiger partial charge in [-0.25, -0.2) is 0 Å². The number of hydrogen-bond acceptors (Lipinski definition) is 4. The SMILES string of the molecule is CC1CN(C(=O)CN2CCN(Cc3cccc(C(F)(F)F)c3)CC2)CCO1. The van der Waals surface area contributed by atoms with Gasteiger partial charge < -0.3 is 9.64 Å². The van der Waals surface area contributed by atoms with Crippen LogP contribution in [0.15, 0.2) is 24.3 Å². The number of carbonyl (C=O) groups excluding carboxylic acids is 1. The van der Waals surface area contributed by atoms with E-state index >= 15 is 0 Å². The number of ether oxygens (including phenoxy) is 1. The first kappa shape index (κ1) is 20.1. The molecule has 2 fully saturated rings. The summed E-state index contributed by atoms with van der Waals surface area (Å²) >= 11 is 0. The summed E-state index contributed by atoms with van der Waals surface area (Å²) in [5.41, 5.74) is 0.0561. The largest absolute Gasteiger partial charge is 0.416 e. The third-order valence-electron chi connectivity index (χ3n) is 5.08. The Kier molecular flexibility index (Phi) is 6.39. The fraction of sp³-hybridized carbons (Fsp3) is 0.632. The lowest BCUT2D eigenvalue weighted by molar-refractivity contribution is -0.139. The number of piperazine rings is 1. The second-order valence-corrected chi connectivity index (χ2v) is 7.27. The van der Waals surface area contributed by atoms with Crippen molar-refractivity contribution in [3.8, 4) is 0 Å². The smallest absolute Gasteiger partial charge is 0.375 e. The van der Waals surface area contributed by atoms with E-state index in [1.54, 1.807) is 6.07 Å². The van der Waals surface area contributed by atoms with Crippen molar-refractivity contribution in [3.05, 3.63) is 35.4 Å². The van der Waals surface area contributed by atoms with Crippen molar-refractivity contribution in [1.29, 1.82) is 0 Å². The third-order valence-corrected chi connectivity index (χ3v) is 5.08. The van der Waals surface area contributed by atoms with E-state index in [1.807, 2.05) is 11.8 Å². The van der Waals surface area contributed by atoms with E-state index in [1.165, 1.54) is 12.1 Å². The van der Waals surface area contributed by atoms with Gasteiger partial charge in [0.25, 0.3) is 0 Å². The van der Waals surface area contributed by atoms with E-state index in [9.17, 15) is 18.0 Å². The van der Waals surface area contributed by atoms with Gasteiger partial charge >= 0.3 is 6.18 Å². The van der Waals surface area contributed by atoms with Crippen molar-refractivity contribution < 1.29 is 22.7 Å². The van der Waals surface area contributed by atoms with Crippen LogP contribution in [0.3, 0.4) is 0 Å². The fourth-order valence-corrected chi connectivity index (χ4v) is 3.55. The Morgan fingerprint density at radius 3 is 2.52 bits per heavy atom. The van der Waals surface area contributed by atoms with Gasteiger partial charge in [0.05, 0.1) is 24.8 Å². The van der Waals surface area contributed by atoms with Crippen LogP contribution in [0.4, 0.5) is 13.2 Å². The van der Waals surface area contributed by atoms with Crippen LogP contribution in [-0.4, -0.2) is 79.1 Å². The van der Waals surface area contributed by atoms with Crippen molar-refractivity contribution in [3.63, 3.8) is 0 Å². The van der Waals surface area contributed by atoms with Crippen LogP contribution in [0, 0.1) is 0 Å². The lowest BCUT2D eigenvalue weighted by atomic mass is 10.1. The molecule has 8 heteroatoms. The first-order chi connectivity index (χ1) is 12.8. The Bertz CT molecular complexity index is 645. The van der Waals surface area contributed by atoms with Crippen molar-refractivity contribution in [2.45, 2.75) is 25.7 Å². The molecule has 1 unspecified atom stereocenters. The molecular weight excluding hydrogens is 359 g/mol. The van der Waals surface area contributed by atoms with Gasteiger partial charge in [-0.3, -0.25) is 14.6 Å². The van der Waals surface area contributed by atoms with E-state index in [4.69, 9.17) is 4.74 Å². The minimum atomic E-state index is -4.31. The van der Waals surface area contributed by atoms with Gasteiger partial charge in [0.15, 0.2) is 0 Å². The van der Waals surface area contributed by atoms with Crippen molar-refractivity contribution in [2.75, 3.05) is 52.4 Å². The predicted octanol–water partition coefficient (Wildman–Crippen LogP) is 2.07. The number of alkyl halides is 3. The third kappa shape index (κ3) is 5.67. The van der Waals surface area contributed by atoms with Crippen LogP contribution in [0.5, 0.6) is 0 Å². The molecule has 2 saturated heterocycles. The minimum Gasteiger partial charge on any atom is -0.375 e. The number of nitrogens with zero attached hydrogens (tertiary/aromatic N) is 3. The van der Waals surface area contributed by atoms with Crippen LogP contribution in [0.25, 0.3) is 0 Å². The van der Waals surface area contributed by atoms with E-state index in [2.05, 4.69) is 9.80 Å². The highest BCUT2D eigenvalue weighted by Gasteiger charge is 2.30. The Morgan fingerprint density at radius 1 is 1.15 bits per heavy atom. The predicted molar refractivity (Wildman–Crippen MR) is 95.2 cm³/mol. The van der Waals surface area contributed by atoms with Crippen molar-refractivity contribution in [2.24, 2.45) is 0 Å². The van der Waals surface area contributed by atoms with Crippen molar-refractivity contribution in [1.82, 2.24) is 14.7 Å². The van der Waals surface area contributed by atoms with Crippen LogP contribution in [0.1, 0.15) is 18.1 Å². The Hall–Kier alpha value is -1.64. The van der Waals surface area contributed by atoms with Crippen molar-refractivity contribution >= 4 is 5.91 Å². The molecule has 2 heterocycles. The zero-order chi connectivity index (χ0) is 19.4. The normalized spacial score (nSPS) is 22.8. The zero-order valence-electron chi connectivity index (χ0n) is 15.5. The maximum atomic E-state index is 12.8. The van der Waals surface area contributed by atoms with Crippen LogP contribution in [0.2, 0.25) is 0 Å². The number of carbonyl (C=O) groups is 1. The molecule has 1 amide bonds. The van der Waals surface area contributed by atoms with Gasteiger partial charge in [0.2, 0.25) is 5.91 Å². The van der Waals surface area contributed by atoms with Crippen LogP contribution < -0.4 is 0 Å². The second-order valence-electron chi connectivity index (χ2n) is 7.27. The molecule has 0 aliphatic carbocycles. The summed E-state index contributed by atoms with van der Waals surface area (Å²) in [6.07, 6.45) is -4.24. The highest BCUT2D eigenvalue weighted by Crippen LogP contribution is 2.29. The highest BCUT2D eigenvalue weighted by molar-refractivity contribution is 5.78. The van der Waals surface area contributed by atoms with Gasteiger partial charge in [0, 0.05) is 45.8 Å². The lowest BCUT2D eigenvalue weighted by Gasteiger charge is -2.37. The van der Waals surface area contributed by atoms with Gasteiger partial charge in [0.1, 0.15) is 0 Å². The Balaban J connectivity index is 1.46. The van der Waals surface area contributed by atoms with Crippen LogP contribution in [-0.2, 0) is 22.3 Å². The molecule has 3 rings (SSSR count). The van der Waals surface area contributed by atoms with Crippen LogP contribution >= 0.6 is 0 Å². The van der Waals surface area contributed by atoms with Gasteiger partial charge in [-0.15, -0.1) is 0 Å². The molecule has 1 atom stereocenters. The summed E-state index contributed by atoms with van der Waals surface area (Å²) in [7, 11) is 0. The lowest BCUT2D eigenvalue weighted by Crippen LogP contribution is -2.52. The monoisotopic (exact) mass is 385 g/mol. The first-order valence-electron chi connectivity index (χ1n) is 9.31. The second kappa shape index (κ2) is 8.58. The minimum absolute atomic E-state index is 0.0759. The number of amides is 1. The highest BCUT2D eigenvalue weighted by atomic mass is 19.4. The molecule has 0 N–H and O–H groups in total. The average molecular weight is 385 g/mol. The first-order valence-corrected chi connectivity index (χ1v) is 9.31. The number of rotatable bonds is 4. The molecule has 5 nitrogen and oxygen atoms in total. The standard InChI is InChI=1S/C19H26F3N3O2/c1-15-12-25(9-10-27-15)18(26)14-24-7-5-23(6-8-24)13-16-3-2-4-17(11-16)19(20,21)22/h2-4,11,15H,5-10,12-14H2,1H3.